The quantitative estimate of drug-likeness (QED) is 0.174. The highest BCUT2D eigenvalue weighted by atomic mass is 16.2. The van der Waals surface area contributed by atoms with Crippen LogP contribution in [-0.4, -0.2) is 53.3 Å². The molecule has 0 aromatic rings. The van der Waals surface area contributed by atoms with Crippen molar-refractivity contribution in [3.8, 4) is 0 Å². The topological polar surface area (TPSA) is 129 Å². The van der Waals surface area contributed by atoms with Crippen molar-refractivity contribution >= 4 is 29.1 Å². The van der Waals surface area contributed by atoms with Gasteiger partial charge in [0.2, 0.25) is 5.78 Å². The third-order valence-corrected chi connectivity index (χ3v) is 2.99. The molecular formula is C11H16N6O3. The highest BCUT2D eigenvalue weighted by Crippen LogP contribution is 2.06. The van der Waals surface area contributed by atoms with E-state index in [2.05, 4.69) is 15.5 Å². The van der Waals surface area contributed by atoms with E-state index in [0.717, 1.165) is 16.6 Å². The Morgan fingerprint density at radius 2 is 2.15 bits per heavy atom. The van der Waals surface area contributed by atoms with Crippen LogP contribution in [0.25, 0.3) is 0 Å². The van der Waals surface area contributed by atoms with Gasteiger partial charge in [0.15, 0.2) is 6.04 Å². The van der Waals surface area contributed by atoms with Crippen LogP contribution in [0.15, 0.2) is 10.1 Å². The van der Waals surface area contributed by atoms with Crippen LogP contribution in [0.2, 0.25) is 0 Å². The average molecular weight is 280 g/mol. The molecule has 4 N–H and O–H groups in total. The second kappa shape index (κ2) is 5.88. The fraction of sp³-hybridized carbons (Fsp3) is 0.545. The summed E-state index contributed by atoms with van der Waals surface area (Å²) >= 11 is 0. The van der Waals surface area contributed by atoms with E-state index in [0.29, 0.717) is 25.9 Å². The van der Waals surface area contributed by atoms with Crippen LogP contribution in [-0.2, 0) is 14.4 Å². The van der Waals surface area contributed by atoms with E-state index in [1.54, 1.807) is 0 Å². The number of hydrogen-bond donors (Lipinski definition) is 3. The molecule has 20 heavy (non-hydrogen) atoms. The van der Waals surface area contributed by atoms with E-state index in [1.807, 2.05) is 12.2 Å². The zero-order valence-electron chi connectivity index (χ0n) is 11.0. The van der Waals surface area contributed by atoms with Gasteiger partial charge in [-0.25, -0.2) is 5.01 Å². The Balaban J connectivity index is 1.78. The minimum atomic E-state index is -1.22. The van der Waals surface area contributed by atoms with Crippen LogP contribution in [0.3, 0.4) is 0 Å². The molecule has 1 atom stereocenters. The Hall–Kier alpha value is -2.13. The van der Waals surface area contributed by atoms with Crippen LogP contribution >= 0.6 is 0 Å². The summed E-state index contributed by atoms with van der Waals surface area (Å²) in [6.45, 7) is 2.73. The Bertz CT molecular complexity index is 512. The molecule has 2 heterocycles. The molecule has 2 rings (SSSR count). The Labute approximate surface area is 115 Å². The molecule has 0 saturated carbocycles. The fourth-order valence-electron chi connectivity index (χ4n) is 1.92. The number of rotatable bonds is 5. The van der Waals surface area contributed by atoms with E-state index >= 15 is 0 Å². The minimum Gasteiger partial charge on any atom is -0.288 e. The van der Waals surface area contributed by atoms with Gasteiger partial charge in [-0.05, 0) is 13.3 Å². The van der Waals surface area contributed by atoms with E-state index in [1.165, 1.54) is 0 Å². The maximum absolute atomic E-state index is 11.4. The predicted molar refractivity (Wildman–Crippen MR) is 70.6 cm³/mol. The molecule has 2 aliphatic rings. The van der Waals surface area contributed by atoms with Crippen LogP contribution in [0.4, 0.5) is 0 Å². The maximum atomic E-state index is 11.4. The number of aliphatic imine (C=N–C) groups is 1. The Morgan fingerprint density at radius 3 is 2.70 bits per heavy atom. The lowest BCUT2D eigenvalue weighted by Crippen LogP contribution is -2.49. The van der Waals surface area contributed by atoms with Crippen LogP contribution in [0.1, 0.15) is 19.8 Å². The van der Waals surface area contributed by atoms with Gasteiger partial charge in [0.25, 0.3) is 11.8 Å². The van der Waals surface area contributed by atoms with Gasteiger partial charge in [-0.3, -0.25) is 36.0 Å². The van der Waals surface area contributed by atoms with Gasteiger partial charge in [0.05, 0.1) is 12.3 Å². The molecule has 9 heteroatoms. The first-order valence-electron chi connectivity index (χ1n) is 6.22. The minimum absolute atomic E-state index is 0.292. The Kier molecular flexibility index (Phi) is 4.20. The molecule has 2 amide bonds. The summed E-state index contributed by atoms with van der Waals surface area (Å²) in [4.78, 5) is 38.2. The van der Waals surface area contributed by atoms with Crippen molar-refractivity contribution in [2.75, 3.05) is 13.1 Å². The first-order valence-corrected chi connectivity index (χ1v) is 6.22. The monoisotopic (exact) mass is 280 g/mol. The molecule has 1 fully saturated rings. The number of carbonyl (C=O) groups excluding carboxylic acids is 3. The average Bonchev–Trinajstić information content (AvgIpc) is 2.65. The van der Waals surface area contributed by atoms with Gasteiger partial charge in [-0.1, -0.05) is 0 Å². The summed E-state index contributed by atoms with van der Waals surface area (Å²) < 4.78 is 0. The van der Waals surface area contributed by atoms with Gasteiger partial charge in [-0.15, -0.1) is 0 Å². The van der Waals surface area contributed by atoms with Crippen LogP contribution < -0.4 is 16.6 Å². The van der Waals surface area contributed by atoms with Crippen molar-refractivity contribution in [3.63, 3.8) is 0 Å². The third kappa shape index (κ3) is 3.06. The van der Waals surface area contributed by atoms with E-state index in [4.69, 9.17) is 5.84 Å². The lowest BCUT2D eigenvalue weighted by molar-refractivity contribution is -0.137. The van der Waals surface area contributed by atoms with Gasteiger partial charge in [0, 0.05) is 13.0 Å². The van der Waals surface area contributed by atoms with Gasteiger partial charge in [-0.2, -0.15) is 5.10 Å². The van der Waals surface area contributed by atoms with Gasteiger partial charge < -0.3 is 0 Å². The molecule has 1 saturated heterocycles. The number of imide groups is 1. The fourth-order valence-corrected chi connectivity index (χ4v) is 1.92. The maximum Gasteiger partial charge on any atom is 0.296 e. The summed E-state index contributed by atoms with van der Waals surface area (Å²) in [7, 11) is 0. The largest absolute Gasteiger partial charge is 0.296 e. The summed E-state index contributed by atoms with van der Waals surface area (Å²) in [6, 6.07) is -1.22. The summed E-state index contributed by atoms with van der Waals surface area (Å²) in [5.41, 5.74) is 3.72. The predicted octanol–water partition coefficient (Wildman–Crippen LogP) is -2.09. The van der Waals surface area contributed by atoms with Crippen LogP contribution in [0, 0.1) is 0 Å². The number of amides is 2. The van der Waals surface area contributed by atoms with Crippen molar-refractivity contribution in [2.45, 2.75) is 25.8 Å². The number of nitrogens with two attached hydrogens (primary N) is 1. The van der Waals surface area contributed by atoms with E-state index in [9.17, 15) is 14.4 Å². The van der Waals surface area contributed by atoms with E-state index < -0.39 is 23.6 Å². The first kappa shape index (κ1) is 14.3. The number of Topliss-reactive ketones (excluding diaryl/α,β-unsaturated/α-hetero) is 1. The number of hydrogen-bond acceptors (Lipinski definition) is 8. The number of amidine groups is 1. The molecule has 0 aliphatic carbocycles. The summed E-state index contributed by atoms with van der Waals surface area (Å²) in [6.07, 6.45) is 1.18. The summed E-state index contributed by atoms with van der Waals surface area (Å²) in [5.74, 6) is 4.02. The SMILES string of the molecule is CC1=NNC(CCCN(N)C2C(=O)NC(=O)C2=O)=NC1. The highest BCUT2D eigenvalue weighted by Gasteiger charge is 2.43. The summed E-state index contributed by atoms with van der Waals surface area (Å²) in [5, 5.41) is 7.07. The second-order valence-corrected chi connectivity index (χ2v) is 4.65. The standard InChI is InChI=1S/C11H16N6O3/c1-6-5-13-7(16-15-6)3-2-4-17(12)8-9(18)11(20)14-10(8)19/h8H,2-5,12H2,1H3,(H,13,16)(H,14,19,20). The number of carbonyl (C=O) groups is 3. The molecule has 0 radical (unpaired) electrons. The molecule has 108 valence electrons. The van der Waals surface area contributed by atoms with Crippen molar-refractivity contribution < 1.29 is 14.4 Å². The molecule has 0 bridgehead atoms. The zero-order valence-corrected chi connectivity index (χ0v) is 11.0. The third-order valence-electron chi connectivity index (χ3n) is 2.99. The van der Waals surface area contributed by atoms with Gasteiger partial charge in [0.1, 0.15) is 5.84 Å². The number of nitrogens with zero attached hydrogens (tertiary/aromatic N) is 3. The van der Waals surface area contributed by atoms with Gasteiger partial charge >= 0.3 is 0 Å². The van der Waals surface area contributed by atoms with Crippen molar-refractivity contribution in [1.82, 2.24) is 15.8 Å². The first-order chi connectivity index (χ1) is 9.49. The molecule has 0 spiro atoms. The van der Waals surface area contributed by atoms with Crippen LogP contribution in [0.5, 0.6) is 0 Å². The number of hydrazine groups is 1. The normalized spacial score (nSPS) is 22.6. The molecule has 2 aliphatic heterocycles. The van der Waals surface area contributed by atoms with Crippen molar-refractivity contribution in [1.29, 1.82) is 0 Å². The van der Waals surface area contributed by atoms with E-state index in [-0.39, 0.29) is 0 Å². The molecule has 1 unspecified atom stereocenters. The lowest BCUT2D eigenvalue weighted by Gasteiger charge is -2.20. The number of ketones is 1. The lowest BCUT2D eigenvalue weighted by atomic mass is 10.2. The second-order valence-electron chi connectivity index (χ2n) is 4.65. The zero-order chi connectivity index (χ0) is 14.7. The molecule has 0 aromatic heterocycles. The smallest absolute Gasteiger partial charge is 0.288 e. The number of hydrazone groups is 1. The molecule has 0 aromatic carbocycles. The van der Waals surface area contributed by atoms with Crippen molar-refractivity contribution in [3.05, 3.63) is 0 Å². The molecule has 9 nitrogen and oxygen atoms in total. The number of nitrogens with one attached hydrogen (secondary N) is 2. The van der Waals surface area contributed by atoms with Crippen molar-refractivity contribution in [2.24, 2.45) is 15.9 Å². The Morgan fingerprint density at radius 1 is 1.40 bits per heavy atom. The molecular weight excluding hydrogens is 264 g/mol. The highest BCUT2D eigenvalue weighted by molar-refractivity contribution is 6.49.